The number of carbonyl (C=O) groups is 2. The van der Waals surface area contributed by atoms with E-state index in [1.807, 2.05) is 42.5 Å². The van der Waals surface area contributed by atoms with Gasteiger partial charge in [-0.15, -0.1) is 0 Å². The van der Waals surface area contributed by atoms with Gasteiger partial charge in [0, 0.05) is 6.04 Å². The van der Waals surface area contributed by atoms with Gasteiger partial charge in [-0.1, -0.05) is 49.6 Å². The third-order valence-corrected chi connectivity index (χ3v) is 5.18. The Kier molecular flexibility index (Phi) is 4.07. The first kappa shape index (κ1) is 15.3. The first-order chi connectivity index (χ1) is 11.7. The molecule has 2 aromatic rings. The molecule has 2 fully saturated rings. The van der Waals surface area contributed by atoms with Crippen LogP contribution in [0.4, 0.5) is 5.69 Å². The normalized spacial score (nSPS) is 22.5. The summed E-state index contributed by atoms with van der Waals surface area (Å²) in [7, 11) is 0. The van der Waals surface area contributed by atoms with Gasteiger partial charge in [0.15, 0.2) is 0 Å². The molecule has 2 amide bonds. The average Bonchev–Trinajstić information content (AvgIpc) is 2.89. The zero-order valence-corrected chi connectivity index (χ0v) is 13.7. The van der Waals surface area contributed by atoms with Crippen LogP contribution in [0.25, 0.3) is 10.8 Å². The fourth-order valence-corrected chi connectivity index (χ4v) is 3.90. The van der Waals surface area contributed by atoms with E-state index in [1.54, 1.807) is 0 Å². The molecule has 1 aliphatic heterocycles. The Balaban J connectivity index is 1.55. The Bertz CT molecular complexity index is 780. The third-order valence-electron chi connectivity index (χ3n) is 5.18. The molecule has 1 atom stereocenters. The molecule has 2 aromatic carbocycles. The van der Waals surface area contributed by atoms with Gasteiger partial charge in [0.25, 0.3) is 5.91 Å². The van der Waals surface area contributed by atoms with E-state index in [0.29, 0.717) is 11.7 Å². The molecule has 0 spiro atoms. The summed E-state index contributed by atoms with van der Waals surface area (Å²) in [6.07, 6.45) is 6.17. The maximum Gasteiger partial charge on any atom is 0.251 e. The van der Waals surface area contributed by atoms with Crippen LogP contribution in [0.1, 0.15) is 38.5 Å². The molecule has 0 radical (unpaired) electrons. The highest BCUT2D eigenvalue weighted by Crippen LogP contribution is 2.28. The van der Waals surface area contributed by atoms with E-state index in [4.69, 9.17) is 0 Å². The average molecular weight is 322 g/mol. The molecule has 1 aliphatic carbocycles. The SMILES string of the molecule is O=C1C[C@H](NC2CCCCC2)C(=O)N1c1ccc2ccccc2c1. The summed E-state index contributed by atoms with van der Waals surface area (Å²) in [4.78, 5) is 26.6. The second kappa shape index (κ2) is 6.36. The van der Waals surface area contributed by atoms with Crippen LogP contribution in [0.5, 0.6) is 0 Å². The Morgan fingerprint density at radius 3 is 2.46 bits per heavy atom. The Labute approximate surface area is 141 Å². The molecule has 1 saturated heterocycles. The van der Waals surface area contributed by atoms with Crippen LogP contribution < -0.4 is 10.2 Å². The molecular formula is C20H22N2O2. The molecule has 0 bridgehead atoms. The van der Waals surface area contributed by atoms with Crippen molar-refractivity contribution in [3.8, 4) is 0 Å². The topological polar surface area (TPSA) is 49.4 Å². The number of hydrogen-bond donors (Lipinski definition) is 1. The Morgan fingerprint density at radius 2 is 1.67 bits per heavy atom. The predicted octanol–water partition coefficient (Wildman–Crippen LogP) is 3.39. The van der Waals surface area contributed by atoms with E-state index >= 15 is 0 Å². The first-order valence-corrected chi connectivity index (χ1v) is 8.84. The molecule has 124 valence electrons. The standard InChI is InChI=1S/C20H22N2O2/c23-19-13-18(21-16-8-2-1-3-9-16)20(24)22(19)17-11-10-14-6-4-5-7-15(14)12-17/h4-7,10-12,16,18,21H,1-3,8-9,13H2/t18-/m0/s1. The van der Waals surface area contributed by atoms with Crippen LogP contribution in [0.3, 0.4) is 0 Å². The first-order valence-electron chi connectivity index (χ1n) is 8.84. The second-order valence-corrected chi connectivity index (χ2v) is 6.86. The van der Waals surface area contributed by atoms with Crippen molar-refractivity contribution in [1.82, 2.24) is 5.32 Å². The van der Waals surface area contributed by atoms with Gasteiger partial charge in [-0.3, -0.25) is 9.59 Å². The highest BCUT2D eigenvalue weighted by molar-refractivity contribution is 6.22. The number of fused-ring (bicyclic) bond motifs is 1. The molecule has 1 heterocycles. The molecule has 24 heavy (non-hydrogen) atoms. The van der Waals surface area contributed by atoms with Crippen LogP contribution in [0, 0.1) is 0 Å². The molecule has 4 nitrogen and oxygen atoms in total. The van der Waals surface area contributed by atoms with Gasteiger partial charge in [-0.05, 0) is 35.7 Å². The Hall–Kier alpha value is -2.20. The lowest BCUT2D eigenvalue weighted by atomic mass is 9.95. The summed E-state index contributed by atoms with van der Waals surface area (Å²) in [5.74, 6) is -0.218. The summed E-state index contributed by atoms with van der Waals surface area (Å²) >= 11 is 0. The monoisotopic (exact) mass is 322 g/mol. The van der Waals surface area contributed by atoms with Crippen molar-refractivity contribution in [3.05, 3.63) is 42.5 Å². The number of hydrogen-bond acceptors (Lipinski definition) is 3. The summed E-state index contributed by atoms with van der Waals surface area (Å²) in [6.45, 7) is 0. The van der Waals surface area contributed by atoms with Crippen molar-refractivity contribution >= 4 is 28.3 Å². The molecule has 4 rings (SSSR count). The van der Waals surface area contributed by atoms with Crippen LogP contribution in [0.15, 0.2) is 42.5 Å². The minimum atomic E-state index is -0.368. The molecule has 1 N–H and O–H groups in total. The fraction of sp³-hybridized carbons (Fsp3) is 0.400. The van der Waals surface area contributed by atoms with Gasteiger partial charge in [0.2, 0.25) is 5.91 Å². The van der Waals surface area contributed by atoms with Crippen molar-refractivity contribution in [2.45, 2.75) is 50.6 Å². The molecular weight excluding hydrogens is 300 g/mol. The van der Waals surface area contributed by atoms with Gasteiger partial charge in [-0.2, -0.15) is 0 Å². The van der Waals surface area contributed by atoms with E-state index in [9.17, 15) is 9.59 Å². The van der Waals surface area contributed by atoms with Gasteiger partial charge >= 0.3 is 0 Å². The van der Waals surface area contributed by atoms with Gasteiger partial charge < -0.3 is 5.32 Å². The minimum Gasteiger partial charge on any atom is -0.303 e. The number of nitrogens with one attached hydrogen (secondary N) is 1. The van der Waals surface area contributed by atoms with Crippen LogP contribution in [-0.4, -0.2) is 23.9 Å². The minimum absolute atomic E-state index is 0.108. The quantitative estimate of drug-likeness (QED) is 0.881. The highest BCUT2D eigenvalue weighted by Gasteiger charge is 2.40. The lowest BCUT2D eigenvalue weighted by Crippen LogP contribution is -2.44. The van der Waals surface area contributed by atoms with E-state index in [0.717, 1.165) is 23.6 Å². The van der Waals surface area contributed by atoms with Gasteiger partial charge in [0.1, 0.15) is 0 Å². The summed E-state index contributed by atoms with van der Waals surface area (Å²) in [5.41, 5.74) is 0.677. The molecule has 2 aliphatic rings. The molecule has 4 heteroatoms. The maximum absolute atomic E-state index is 12.8. The van der Waals surface area contributed by atoms with E-state index in [-0.39, 0.29) is 24.3 Å². The Morgan fingerprint density at radius 1 is 0.917 bits per heavy atom. The summed E-state index contributed by atoms with van der Waals surface area (Å²) in [5, 5.41) is 5.57. The van der Waals surface area contributed by atoms with E-state index < -0.39 is 0 Å². The lowest BCUT2D eigenvalue weighted by molar-refractivity contribution is -0.121. The van der Waals surface area contributed by atoms with Crippen LogP contribution in [0.2, 0.25) is 0 Å². The number of imide groups is 1. The highest BCUT2D eigenvalue weighted by atomic mass is 16.2. The van der Waals surface area contributed by atoms with Gasteiger partial charge in [-0.25, -0.2) is 4.90 Å². The third kappa shape index (κ3) is 2.82. The number of benzene rings is 2. The van der Waals surface area contributed by atoms with Gasteiger partial charge in [0.05, 0.1) is 18.2 Å². The zero-order chi connectivity index (χ0) is 16.5. The number of amides is 2. The van der Waals surface area contributed by atoms with E-state index in [2.05, 4.69) is 5.32 Å². The smallest absolute Gasteiger partial charge is 0.251 e. The van der Waals surface area contributed by atoms with E-state index in [1.165, 1.54) is 24.2 Å². The number of rotatable bonds is 3. The van der Waals surface area contributed by atoms with Crippen LogP contribution >= 0.6 is 0 Å². The number of anilines is 1. The maximum atomic E-state index is 12.8. The van der Waals surface area contributed by atoms with Crippen molar-refractivity contribution in [2.75, 3.05) is 4.90 Å². The van der Waals surface area contributed by atoms with Crippen molar-refractivity contribution in [3.63, 3.8) is 0 Å². The zero-order valence-electron chi connectivity index (χ0n) is 13.7. The van der Waals surface area contributed by atoms with Crippen molar-refractivity contribution in [1.29, 1.82) is 0 Å². The summed E-state index contributed by atoms with van der Waals surface area (Å²) < 4.78 is 0. The largest absolute Gasteiger partial charge is 0.303 e. The van der Waals surface area contributed by atoms with Crippen molar-refractivity contribution in [2.24, 2.45) is 0 Å². The molecule has 1 saturated carbocycles. The molecule has 0 aromatic heterocycles. The molecule has 0 unspecified atom stereocenters. The predicted molar refractivity (Wildman–Crippen MR) is 94.9 cm³/mol. The van der Waals surface area contributed by atoms with Crippen LogP contribution in [-0.2, 0) is 9.59 Å². The fourth-order valence-electron chi connectivity index (χ4n) is 3.90. The van der Waals surface area contributed by atoms with Crippen molar-refractivity contribution < 1.29 is 9.59 Å². The second-order valence-electron chi connectivity index (χ2n) is 6.86. The summed E-state index contributed by atoms with van der Waals surface area (Å²) in [6, 6.07) is 13.7. The number of carbonyl (C=O) groups excluding carboxylic acids is 2. The lowest BCUT2D eigenvalue weighted by Gasteiger charge is -2.25. The number of nitrogens with zero attached hydrogens (tertiary/aromatic N) is 1.